The van der Waals surface area contributed by atoms with Gasteiger partial charge in [0.15, 0.2) is 0 Å². The molecule has 0 spiro atoms. The first-order valence-corrected chi connectivity index (χ1v) is 10.1. The van der Waals surface area contributed by atoms with Crippen molar-refractivity contribution in [2.45, 2.75) is 26.3 Å². The molecule has 1 saturated carbocycles. The fourth-order valence-electron chi connectivity index (χ4n) is 3.62. The van der Waals surface area contributed by atoms with E-state index in [0.717, 1.165) is 44.6 Å². The normalized spacial score (nSPS) is 16.8. The molecule has 1 heterocycles. The van der Waals surface area contributed by atoms with Crippen LogP contribution in [-0.2, 0) is 11.3 Å². The molecule has 0 atom stereocenters. The molecule has 0 radical (unpaired) electrons. The summed E-state index contributed by atoms with van der Waals surface area (Å²) in [6.07, 6.45) is 2.02. The smallest absolute Gasteiger partial charge is 0.253 e. The third-order valence-corrected chi connectivity index (χ3v) is 5.55. The number of rotatable bonds is 5. The Morgan fingerprint density at radius 3 is 2.36 bits per heavy atom. The number of benzene rings is 2. The van der Waals surface area contributed by atoms with Gasteiger partial charge in [-0.1, -0.05) is 24.3 Å². The number of hydrogen-bond donors (Lipinski definition) is 1. The Hall–Kier alpha value is -2.82. The summed E-state index contributed by atoms with van der Waals surface area (Å²) in [5.74, 6) is 0.448. The minimum Gasteiger partial charge on any atom is -0.368 e. The number of nitrogens with zero attached hydrogens (tertiary/aromatic N) is 2. The lowest BCUT2D eigenvalue weighted by molar-refractivity contribution is -0.122. The van der Waals surface area contributed by atoms with Crippen LogP contribution in [-0.4, -0.2) is 42.9 Å². The molecule has 0 aromatic heterocycles. The predicted octanol–water partition coefficient (Wildman–Crippen LogP) is 2.98. The Kier molecular flexibility index (Phi) is 5.33. The van der Waals surface area contributed by atoms with Crippen LogP contribution in [0.5, 0.6) is 0 Å². The van der Waals surface area contributed by atoms with Crippen LogP contribution in [0.3, 0.4) is 0 Å². The maximum absolute atomic E-state index is 12.8. The average Bonchev–Trinajstić information content (AvgIpc) is 3.57. The second-order valence-electron chi connectivity index (χ2n) is 7.81. The molecule has 4 rings (SSSR count). The van der Waals surface area contributed by atoms with E-state index in [2.05, 4.69) is 41.4 Å². The van der Waals surface area contributed by atoms with Crippen molar-refractivity contribution >= 4 is 17.5 Å². The third-order valence-electron chi connectivity index (χ3n) is 5.55. The summed E-state index contributed by atoms with van der Waals surface area (Å²) in [5, 5.41) is 2.96. The first-order valence-electron chi connectivity index (χ1n) is 10.1. The number of nitrogens with one attached hydrogen (secondary N) is 1. The molecule has 146 valence electrons. The minimum absolute atomic E-state index is 0.0810. The minimum atomic E-state index is 0.0810. The maximum atomic E-state index is 12.8. The van der Waals surface area contributed by atoms with Crippen molar-refractivity contribution in [1.82, 2.24) is 10.2 Å². The Morgan fingerprint density at radius 1 is 1.00 bits per heavy atom. The van der Waals surface area contributed by atoms with Crippen molar-refractivity contribution < 1.29 is 9.59 Å². The highest BCUT2D eigenvalue weighted by Crippen LogP contribution is 2.28. The Balaban J connectivity index is 1.30. The molecule has 2 aliphatic rings. The molecule has 0 unspecified atom stereocenters. The van der Waals surface area contributed by atoms with Crippen molar-refractivity contribution in [2.24, 2.45) is 5.92 Å². The monoisotopic (exact) mass is 377 g/mol. The van der Waals surface area contributed by atoms with Gasteiger partial charge in [-0.05, 0) is 55.2 Å². The lowest BCUT2D eigenvalue weighted by Crippen LogP contribution is -2.48. The summed E-state index contributed by atoms with van der Waals surface area (Å²) in [4.78, 5) is 28.8. The number of anilines is 1. The summed E-state index contributed by atoms with van der Waals surface area (Å²) >= 11 is 0. The van der Waals surface area contributed by atoms with Gasteiger partial charge in [-0.3, -0.25) is 9.59 Å². The summed E-state index contributed by atoms with van der Waals surface area (Å²) < 4.78 is 0. The SMILES string of the molecule is Cc1cccc(N2CCN(C(=O)c3ccc(CNC(=O)C4CC4)cc3)CC2)c1. The van der Waals surface area contributed by atoms with Crippen LogP contribution in [0.1, 0.15) is 34.3 Å². The summed E-state index contributed by atoms with van der Waals surface area (Å²) in [6, 6.07) is 16.1. The molecule has 0 bridgehead atoms. The molecular weight excluding hydrogens is 350 g/mol. The largest absolute Gasteiger partial charge is 0.368 e. The number of hydrogen-bond acceptors (Lipinski definition) is 3. The summed E-state index contributed by atoms with van der Waals surface area (Å²) in [7, 11) is 0. The van der Waals surface area contributed by atoms with Gasteiger partial charge in [0, 0.05) is 49.9 Å². The average molecular weight is 377 g/mol. The van der Waals surface area contributed by atoms with E-state index in [1.165, 1.54) is 11.3 Å². The van der Waals surface area contributed by atoms with Crippen molar-refractivity contribution in [3.8, 4) is 0 Å². The molecule has 1 aliphatic heterocycles. The number of piperazine rings is 1. The van der Waals surface area contributed by atoms with Gasteiger partial charge < -0.3 is 15.1 Å². The second-order valence-corrected chi connectivity index (χ2v) is 7.81. The van der Waals surface area contributed by atoms with E-state index in [1.54, 1.807) is 0 Å². The molecule has 2 amide bonds. The number of carbonyl (C=O) groups is 2. The summed E-state index contributed by atoms with van der Waals surface area (Å²) in [5.41, 5.74) is 4.21. The second kappa shape index (κ2) is 8.05. The van der Waals surface area contributed by atoms with Crippen LogP contribution in [0.15, 0.2) is 48.5 Å². The first-order chi connectivity index (χ1) is 13.6. The predicted molar refractivity (Wildman–Crippen MR) is 110 cm³/mol. The molecule has 1 saturated heterocycles. The third kappa shape index (κ3) is 4.35. The molecular formula is C23H27N3O2. The van der Waals surface area contributed by atoms with E-state index in [9.17, 15) is 9.59 Å². The van der Waals surface area contributed by atoms with Crippen LogP contribution >= 0.6 is 0 Å². The standard InChI is InChI=1S/C23H27N3O2/c1-17-3-2-4-21(15-17)25-11-13-26(14-12-25)23(28)20-7-5-18(6-8-20)16-24-22(27)19-9-10-19/h2-8,15,19H,9-14,16H2,1H3,(H,24,27). The van der Waals surface area contributed by atoms with Gasteiger partial charge in [0.1, 0.15) is 0 Å². The molecule has 5 heteroatoms. The van der Waals surface area contributed by atoms with Gasteiger partial charge in [0.25, 0.3) is 5.91 Å². The molecule has 1 N–H and O–H groups in total. The highest BCUT2D eigenvalue weighted by Gasteiger charge is 2.29. The van der Waals surface area contributed by atoms with Gasteiger partial charge in [0.2, 0.25) is 5.91 Å². The van der Waals surface area contributed by atoms with Crippen LogP contribution in [0.4, 0.5) is 5.69 Å². The molecule has 1 aliphatic carbocycles. The lowest BCUT2D eigenvalue weighted by atomic mass is 10.1. The highest BCUT2D eigenvalue weighted by atomic mass is 16.2. The highest BCUT2D eigenvalue weighted by molar-refractivity contribution is 5.94. The Bertz CT molecular complexity index is 850. The summed E-state index contributed by atoms with van der Waals surface area (Å²) in [6.45, 7) is 5.78. The Morgan fingerprint density at radius 2 is 1.71 bits per heavy atom. The number of carbonyl (C=O) groups excluding carboxylic acids is 2. The quantitative estimate of drug-likeness (QED) is 0.872. The van der Waals surface area contributed by atoms with Crippen LogP contribution in [0, 0.1) is 12.8 Å². The van der Waals surface area contributed by atoms with E-state index < -0.39 is 0 Å². The zero-order valence-corrected chi connectivity index (χ0v) is 16.4. The van der Waals surface area contributed by atoms with E-state index in [0.29, 0.717) is 12.1 Å². The van der Waals surface area contributed by atoms with Crippen molar-refractivity contribution in [3.05, 3.63) is 65.2 Å². The topological polar surface area (TPSA) is 52.6 Å². The zero-order chi connectivity index (χ0) is 19.5. The number of amides is 2. The van der Waals surface area contributed by atoms with Gasteiger partial charge >= 0.3 is 0 Å². The first kappa shape index (κ1) is 18.5. The molecule has 2 aromatic carbocycles. The lowest BCUT2D eigenvalue weighted by Gasteiger charge is -2.36. The molecule has 2 aromatic rings. The van der Waals surface area contributed by atoms with Crippen molar-refractivity contribution in [2.75, 3.05) is 31.1 Å². The van der Waals surface area contributed by atoms with E-state index >= 15 is 0 Å². The van der Waals surface area contributed by atoms with Gasteiger partial charge in [0.05, 0.1) is 0 Å². The van der Waals surface area contributed by atoms with E-state index in [4.69, 9.17) is 0 Å². The van der Waals surface area contributed by atoms with Crippen LogP contribution in [0.2, 0.25) is 0 Å². The zero-order valence-electron chi connectivity index (χ0n) is 16.4. The van der Waals surface area contributed by atoms with Crippen molar-refractivity contribution in [1.29, 1.82) is 0 Å². The van der Waals surface area contributed by atoms with Crippen LogP contribution < -0.4 is 10.2 Å². The number of aryl methyl sites for hydroxylation is 1. The van der Waals surface area contributed by atoms with Gasteiger partial charge in [-0.15, -0.1) is 0 Å². The molecule has 5 nitrogen and oxygen atoms in total. The van der Waals surface area contributed by atoms with Crippen molar-refractivity contribution in [3.63, 3.8) is 0 Å². The fraction of sp³-hybridized carbons (Fsp3) is 0.391. The molecule has 2 fully saturated rings. The van der Waals surface area contributed by atoms with E-state index in [-0.39, 0.29) is 17.7 Å². The van der Waals surface area contributed by atoms with Crippen LogP contribution in [0.25, 0.3) is 0 Å². The maximum Gasteiger partial charge on any atom is 0.253 e. The van der Waals surface area contributed by atoms with Gasteiger partial charge in [-0.25, -0.2) is 0 Å². The fourth-order valence-corrected chi connectivity index (χ4v) is 3.62. The Labute approximate surface area is 166 Å². The van der Waals surface area contributed by atoms with E-state index in [1.807, 2.05) is 29.2 Å². The molecule has 28 heavy (non-hydrogen) atoms. The van der Waals surface area contributed by atoms with Gasteiger partial charge in [-0.2, -0.15) is 0 Å².